The molecule has 34 heavy (non-hydrogen) atoms. The van der Waals surface area contributed by atoms with Crippen LogP contribution in [0.2, 0.25) is 10.0 Å². The fraction of sp³-hybridized carbons (Fsp3) is 0.346. The van der Waals surface area contributed by atoms with Crippen LogP contribution in [0.4, 0.5) is 0 Å². The van der Waals surface area contributed by atoms with E-state index in [9.17, 15) is 4.79 Å². The summed E-state index contributed by atoms with van der Waals surface area (Å²) in [5.74, 6) is 1.04. The predicted octanol–water partition coefficient (Wildman–Crippen LogP) is 6.42. The predicted molar refractivity (Wildman–Crippen MR) is 129 cm³/mol. The zero-order valence-electron chi connectivity index (χ0n) is 18.7. The molecule has 176 valence electrons. The van der Waals surface area contributed by atoms with Crippen LogP contribution in [0.25, 0.3) is 0 Å². The van der Waals surface area contributed by atoms with Crippen molar-refractivity contribution < 1.29 is 13.9 Å². The van der Waals surface area contributed by atoms with Gasteiger partial charge in [0.25, 0.3) is 5.91 Å². The zero-order chi connectivity index (χ0) is 23.8. The van der Waals surface area contributed by atoms with Gasteiger partial charge in [0, 0.05) is 23.4 Å². The number of morpholine rings is 1. The van der Waals surface area contributed by atoms with Gasteiger partial charge in [-0.2, -0.15) is 0 Å². The second-order valence-electron chi connectivity index (χ2n) is 8.81. The Morgan fingerprint density at radius 1 is 1.12 bits per heavy atom. The molecule has 0 N–H and O–H groups in total. The van der Waals surface area contributed by atoms with E-state index >= 15 is 0 Å². The molecule has 1 saturated heterocycles. The van der Waals surface area contributed by atoms with Crippen LogP contribution < -0.4 is 0 Å². The average Bonchev–Trinajstić information content (AvgIpc) is 3.57. The van der Waals surface area contributed by atoms with E-state index < -0.39 is 18.2 Å². The summed E-state index contributed by atoms with van der Waals surface area (Å²) in [6, 6.07) is 14.3. The van der Waals surface area contributed by atoms with Crippen molar-refractivity contribution >= 4 is 29.1 Å². The van der Waals surface area contributed by atoms with Crippen LogP contribution in [0.3, 0.4) is 0 Å². The largest absolute Gasteiger partial charge is 0.423 e. The fourth-order valence-corrected chi connectivity index (χ4v) is 5.03. The van der Waals surface area contributed by atoms with Crippen molar-refractivity contribution in [2.45, 2.75) is 50.5 Å². The van der Waals surface area contributed by atoms with Gasteiger partial charge in [0.2, 0.25) is 11.8 Å². The van der Waals surface area contributed by atoms with Crippen LogP contribution in [0, 0.1) is 12.8 Å². The van der Waals surface area contributed by atoms with Crippen molar-refractivity contribution in [3.63, 3.8) is 0 Å². The Kier molecular flexibility index (Phi) is 6.47. The molecule has 2 aromatic carbocycles. The molecule has 3 aromatic rings. The zero-order valence-corrected chi connectivity index (χ0v) is 20.2. The molecule has 1 unspecified atom stereocenters. The monoisotopic (exact) mass is 497 g/mol. The Bertz CT molecular complexity index is 1190. The number of ether oxygens (including phenoxy) is 1. The van der Waals surface area contributed by atoms with Crippen LogP contribution in [-0.2, 0) is 9.53 Å². The van der Waals surface area contributed by atoms with Gasteiger partial charge in [-0.25, -0.2) is 0 Å². The molecule has 8 heteroatoms. The highest BCUT2D eigenvalue weighted by Crippen LogP contribution is 2.52. The van der Waals surface area contributed by atoms with Gasteiger partial charge < -0.3 is 14.1 Å². The molecular weight excluding hydrogens is 473 g/mol. The van der Waals surface area contributed by atoms with E-state index in [0.29, 0.717) is 28.2 Å². The van der Waals surface area contributed by atoms with Gasteiger partial charge in [0.05, 0.1) is 6.04 Å². The molecule has 2 fully saturated rings. The van der Waals surface area contributed by atoms with Gasteiger partial charge in [-0.1, -0.05) is 53.5 Å². The van der Waals surface area contributed by atoms with Gasteiger partial charge in [0.1, 0.15) is 18.2 Å². The van der Waals surface area contributed by atoms with Crippen LogP contribution in [-0.4, -0.2) is 27.1 Å². The van der Waals surface area contributed by atoms with Crippen molar-refractivity contribution in [1.29, 1.82) is 0 Å². The van der Waals surface area contributed by atoms with E-state index in [1.54, 1.807) is 13.0 Å². The Morgan fingerprint density at radius 2 is 1.88 bits per heavy atom. The lowest BCUT2D eigenvalue weighted by atomic mass is 9.89. The molecular formula is C26H25Cl2N3O3. The van der Waals surface area contributed by atoms with E-state index in [1.807, 2.05) is 53.4 Å². The minimum atomic E-state index is -0.685. The molecule has 2 heterocycles. The number of halogens is 2. The fourth-order valence-electron chi connectivity index (χ4n) is 4.71. The first kappa shape index (κ1) is 23.1. The first-order chi connectivity index (χ1) is 16.5. The minimum Gasteiger partial charge on any atom is -0.423 e. The van der Waals surface area contributed by atoms with Gasteiger partial charge >= 0.3 is 0 Å². The maximum atomic E-state index is 14.0. The molecule has 2 aliphatic rings. The summed E-state index contributed by atoms with van der Waals surface area (Å²) in [7, 11) is 0. The number of aromatic nitrogens is 2. The standard InChI is InChI=1S/C26H25Cl2N3O3/c1-3-5-21-26(32)31(23(17-8-9-17)25-30-29-15(2)33-25)22(16-10-12-19(27)13-11-16)24(34-21)18-6-4-7-20(28)14-18/h3-4,6-7,10-14,17,21-24H,1,5,8-9H2,2H3/t21-,22+,23?,24-/m0/s1. The third-order valence-corrected chi connectivity index (χ3v) is 6.85. The number of aryl methyl sites for hydroxylation is 1. The van der Waals surface area contributed by atoms with Gasteiger partial charge in [0.15, 0.2) is 0 Å². The van der Waals surface area contributed by atoms with Crippen LogP contribution in [0.15, 0.2) is 65.6 Å². The highest BCUT2D eigenvalue weighted by molar-refractivity contribution is 6.30. The Labute approximate surface area is 208 Å². The highest BCUT2D eigenvalue weighted by atomic mass is 35.5. The second kappa shape index (κ2) is 9.53. The summed E-state index contributed by atoms with van der Waals surface area (Å²) in [6.45, 7) is 5.60. The first-order valence-corrected chi connectivity index (χ1v) is 12.1. The molecule has 5 rings (SSSR count). The van der Waals surface area contributed by atoms with Crippen molar-refractivity contribution in [1.82, 2.24) is 15.1 Å². The van der Waals surface area contributed by atoms with E-state index in [1.165, 1.54) is 0 Å². The lowest BCUT2D eigenvalue weighted by molar-refractivity contribution is -0.181. The Balaban J connectivity index is 1.69. The Hall–Kier alpha value is -2.67. The molecule has 1 aromatic heterocycles. The van der Waals surface area contributed by atoms with Gasteiger partial charge in [-0.3, -0.25) is 4.79 Å². The number of carbonyl (C=O) groups excluding carboxylic acids is 1. The Morgan fingerprint density at radius 3 is 2.50 bits per heavy atom. The maximum Gasteiger partial charge on any atom is 0.253 e. The van der Waals surface area contributed by atoms with E-state index in [2.05, 4.69) is 16.8 Å². The van der Waals surface area contributed by atoms with Crippen LogP contribution in [0.5, 0.6) is 0 Å². The quantitative estimate of drug-likeness (QED) is 0.352. The number of benzene rings is 2. The van der Waals surface area contributed by atoms with E-state index in [-0.39, 0.29) is 17.9 Å². The van der Waals surface area contributed by atoms with Gasteiger partial charge in [-0.15, -0.1) is 16.8 Å². The number of carbonyl (C=O) groups is 1. The molecule has 0 spiro atoms. The molecule has 1 aliphatic carbocycles. The SMILES string of the molecule is C=CC[C@@H]1O[C@@H](c2cccc(Cl)c2)[C@@H](c2ccc(Cl)cc2)N(C(c2nnc(C)o2)C2CC2)C1=O. The lowest BCUT2D eigenvalue weighted by Gasteiger charge is -2.47. The summed E-state index contributed by atoms with van der Waals surface area (Å²) in [5, 5.41) is 9.60. The number of hydrogen-bond donors (Lipinski definition) is 0. The number of hydrogen-bond acceptors (Lipinski definition) is 5. The minimum absolute atomic E-state index is 0.120. The number of nitrogens with zero attached hydrogens (tertiary/aromatic N) is 3. The third kappa shape index (κ3) is 4.50. The summed E-state index contributed by atoms with van der Waals surface area (Å²) < 4.78 is 12.4. The summed E-state index contributed by atoms with van der Waals surface area (Å²) in [6.07, 6.45) is 2.92. The lowest BCUT2D eigenvalue weighted by Crippen LogP contribution is -2.52. The third-order valence-electron chi connectivity index (χ3n) is 6.36. The van der Waals surface area contributed by atoms with Crippen molar-refractivity contribution in [2.75, 3.05) is 0 Å². The van der Waals surface area contributed by atoms with Crippen molar-refractivity contribution in [3.05, 3.63) is 94.1 Å². The topological polar surface area (TPSA) is 68.5 Å². The average molecular weight is 498 g/mol. The molecule has 0 radical (unpaired) electrons. The summed E-state index contributed by atoms with van der Waals surface area (Å²) in [5.41, 5.74) is 1.79. The molecule has 4 atom stereocenters. The summed E-state index contributed by atoms with van der Waals surface area (Å²) in [4.78, 5) is 15.9. The van der Waals surface area contributed by atoms with Crippen molar-refractivity contribution in [3.8, 4) is 0 Å². The normalized spacial score (nSPS) is 23.7. The molecule has 0 bridgehead atoms. The molecule has 6 nitrogen and oxygen atoms in total. The first-order valence-electron chi connectivity index (χ1n) is 11.4. The number of rotatable bonds is 7. The van der Waals surface area contributed by atoms with Gasteiger partial charge in [-0.05, 0) is 54.2 Å². The highest BCUT2D eigenvalue weighted by Gasteiger charge is 2.52. The van der Waals surface area contributed by atoms with E-state index in [0.717, 1.165) is 24.0 Å². The maximum absolute atomic E-state index is 14.0. The molecule has 1 aliphatic heterocycles. The molecule has 1 saturated carbocycles. The van der Waals surface area contributed by atoms with Crippen LogP contribution >= 0.6 is 23.2 Å². The number of amides is 1. The molecule has 1 amide bonds. The van der Waals surface area contributed by atoms with Crippen LogP contribution in [0.1, 0.15) is 60.4 Å². The summed E-state index contributed by atoms with van der Waals surface area (Å²) >= 11 is 12.6. The smallest absolute Gasteiger partial charge is 0.253 e. The van der Waals surface area contributed by atoms with Crippen molar-refractivity contribution in [2.24, 2.45) is 5.92 Å². The second-order valence-corrected chi connectivity index (χ2v) is 9.68. The van der Waals surface area contributed by atoms with E-state index in [4.69, 9.17) is 32.4 Å².